The Kier molecular flexibility index (Phi) is 5.79. The molecule has 1 aromatic carbocycles. The Labute approximate surface area is 178 Å². The molecule has 4 atom stereocenters. The molecule has 3 aromatic rings. The van der Waals surface area contributed by atoms with E-state index < -0.39 is 42.9 Å². The Morgan fingerprint density at radius 2 is 1.97 bits per heavy atom. The first-order chi connectivity index (χ1) is 14.7. The predicted molar refractivity (Wildman–Crippen MR) is 104 cm³/mol. The topological polar surface area (TPSA) is 113 Å². The minimum Gasteiger partial charge on any atom is -0.394 e. The molecule has 1 fully saturated rings. The fourth-order valence-corrected chi connectivity index (χ4v) is 3.78. The smallest absolute Gasteiger partial charge is 0.394 e. The van der Waals surface area contributed by atoms with Crippen molar-refractivity contribution in [2.75, 3.05) is 11.9 Å². The summed E-state index contributed by atoms with van der Waals surface area (Å²) in [6.45, 7) is -0.454. The molecule has 8 nitrogen and oxygen atoms in total. The van der Waals surface area contributed by atoms with E-state index in [-0.39, 0.29) is 23.4 Å². The van der Waals surface area contributed by atoms with Crippen LogP contribution in [0, 0.1) is 0 Å². The molecular weight excluding hydrogens is 441 g/mol. The molecule has 166 valence electrons. The van der Waals surface area contributed by atoms with E-state index in [2.05, 4.69) is 15.3 Å². The van der Waals surface area contributed by atoms with Crippen LogP contribution in [0.25, 0.3) is 11.0 Å². The van der Waals surface area contributed by atoms with Crippen molar-refractivity contribution in [2.24, 2.45) is 0 Å². The van der Waals surface area contributed by atoms with Crippen LogP contribution in [-0.2, 0) is 17.5 Å². The molecule has 0 bridgehead atoms. The summed E-state index contributed by atoms with van der Waals surface area (Å²) in [5.74, 6) is -0.0669. The molecular formula is C19H18ClF3N4O4. The standard InChI is InChI=1S/C19H18ClF3N4O4/c20-10-3-1-2-9(4-10)5-24-16-13-11(19(21,22)23)6-27(17(13)26-8-25-16)18-15(30)14(29)12(7-28)31-18/h1-4,6,8,12,14-15,18,28-30H,5,7H2,(H,24,25,26)/t12-,14-,15-,18-/m1/s1. The molecule has 1 saturated heterocycles. The largest absolute Gasteiger partial charge is 0.418 e. The number of aromatic nitrogens is 3. The number of aliphatic hydroxyl groups is 3. The Hall–Kier alpha value is -2.44. The van der Waals surface area contributed by atoms with E-state index in [9.17, 15) is 28.5 Å². The minimum atomic E-state index is -4.75. The monoisotopic (exact) mass is 458 g/mol. The number of nitrogens with one attached hydrogen (secondary N) is 1. The molecule has 4 N–H and O–H groups in total. The quantitative estimate of drug-likeness (QED) is 0.464. The van der Waals surface area contributed by atoms with Gasteiger partial charge < -0.3 is 29.9 Å². The normalized spacial score (nSPS) is 24.1. The maximum atomic E-state index is 13.8. The Balaban J connectivity index is 1.77. The summed E-state index contributed by atoms with van der Waals surface area (Å²) in [4.78, 5) is 7.92. The first kappa shape index (κ1) is 21.8. The van der Waals surface area contributed by atoms with Crippen molar-refractivity contribution >= 4 is 28.5 Å². The fraction of sp³-hybridized carbons (Fsp3) is 0.368. The fourth-order valence-electron chi connectivity index (χ4n) is 3.57. The molecule has 1 aliphatic heterocycles. The van der Waals surface area contributed by atoms with Crippen LogP contribution in [0.5, 0.6) is 0 Å². The van der Waals surface area contributed by atoms with E-state index in [1.165, 1.54) is 0 Å². The van der Waals surface area contributed by atoms with E-state index in [0.29, 0.717) is 5.02 Å². The molecule has 12 heteroatoms. The van der Waals surface area contributed by atoms with Crippen molar-refractivity contribution in [2.45, 2.75) is 37.3 Å². The average molecular weight is 459 g/mol. The second kappa shape index (κ2) is 8.24. The molecule has 0 aliphatic carbocycles. The van der Waals surface area contributed by atoms with Crippen LogP contribution in [0.2, 0.25) is 5.02 Å². The lowest BCUT2D eigenvalue weighted by atomic mass is 10.1. The van der Waals surface area contributed by atoms with E-state index in [0.717, 1.165) is 22.7 Å². The summed E-state index contributed by atoms with van der Waals surface area (Å²) >= 11 is 5.95. The van der Waals surface area contributed by atoms with Crippen LogP contribution < -0.4 is 5.32 Å². The number of hydrogen-bond donors (Lipinski definition) is 4. The number of ether oxygens (including phenoxy) is 1. The maximum Gasteiger partial charge on any atom is 0.418 e. The molecule has 0 radical (unpaired) electrons. The molecule has 0 saturated carbocycles. The molecule has 0 unspecified atom stereocenters. The third kappa shape index (κ3) is 4.06. The highest BCUT2D eigenvalue weighted by Gasteiger charge is 2.45. The summed E-state index contributed by atoms with van der Waals surface area (Å²) in [7, 11) is 0. The van der Waals surface area contributed by atoms with Gasteiger partial charge in [-0.25, -0.2) is 9.97 Å². The van der Waals surface area contributed by atoms with Crippen molar-refractivity contribution in [1.29, 1.82) is 0 Å². The van der Waals surface area contributed by atoms with Gasteiger partial charge in [-0.05, 0) is 17.7 Å². The van der Waals surface area contributed by atoms with Crippen LogP contribution in [0.4, 0.5) is 19.0 Å². The zero-order valence-electron chi connectivity index (χ0n) is 15.8. The van der Waals surface area contributed by atoms with Crippen molar-refractivity contribution in [1.82, 2.24) is 14.5 Å². The number of halogens is 4. The van der Waals surface area contributed by atoms with Gasteiger partial charge in [0.15, 0.2) is 6.23 Å². The van der Waals surface area contributed by atoms with Crippen LogP contribution in [-0.4, -0.2) is 54.8 Å². The summed E-state index contributed by atoms with van der Waals surface area (Å²) in [5.41, 5.74) is -0.448. The molecule has 0 spiro atoms. The van der Waals surface area contributed by atoms with Gasteiger partial charge in [-0.1, -0.05) is 23.7 Å². The summed E-state index contributed by atoms with van der Waals surface area (Å²) in [6, 6.07) is 6.82. The molecule has 0 amide bonds. The van der Waals surface area contributed by atoms with Gasteiger partial charge in [0.1, 0.15) is 36.1 Å². The number of alkyl halides is 3. The third-order valence-electron chi connectivity index (χ3n) is 5.06. The van der Waals surface area contributed by atoms with Crippen molar-refractivity contribution < 1.29 is 33.2 Å². The summed E-state index contributed by atoms with van der Waals surface area (Å²) in [6.07, 6.45) is -8.46. The number of hydrogen-bond acceptors (Lipinski definition) is 7. The highest BCUT2D eigenvalue weighted by atomic mass is 35.5. The molecule has 3 heterocycles. The van der Waals surface area contributed by atoms with Crippen LogP contribution >= 0.6 is 11.6 Å². The number of anilines is 1. The number of aliphatic hydroxyl groups excluding tert-OH is 3. The van der Waals surface area contributed by atoms with E-state index in [1.807, 2.05) is 0 Å². The van der Waals surface area contributed by atoms with Crippen LogP contribution in [0.15, 0.2) is 36.8 Å². The van der Waals surface area contributed by atoms with Gasteiger partial charge in [-0.2, -0.15) is 13.2 Å². The minimum absolute atomic E-state index is 0.0669. The van der Waals surface area contributed by atoms with Gasteiger partial charge in [-0.3, -0.25) is 0 Å². The van der Waals surface area contributed by atoms with Crippen LogP contribution in [0.3, 0.4) is 0 Å². The SMILES string of the molecule is OC[C@H]1O[C@@H](n2cc(C(F)(F)F)c3c(NCc4cccc(Cl)c4)ncnc32)[C@H](O)[C@@H]1O. The maximum absolute atomic E-state index is 13.8. The zero-order chi connectivity index (χ0) is 22.3. The third-order valence-corrected chi connectivity index (χ3v) is 5.29. The van der Waals surface area contributed by atoms with Crippen LogP contribution in [0.1, 0.15) is 17.4 Å². The number of benzene rings is 1. The lowest BCUT2D eigenvalue weighted by Crippen LogP contribution is -2.33. The zero-order valence-corrected chi connectivity index (χ0v) is 16.5. The van der Waals surface area contributed by atoms with E-state index in [4.69, 9.17) is 16.3 Å². The van der Waals surface area contributed by atoms with Gasteiger partial charge in [-0.15, -0.1) is 0 Å². The lowest BCUT2D eigenvalue weighted by molar-refractivity contribution is -0.136. The lowest BCUT2D eigenvalue weighted by Gasteiger charge is -2.17. The van der Waals surface area contributed by atoms with Gasteiger partial charge in [0.25, 0.3) is 0 Å². The second-order valence-corrected chi connectivity index (χ2v) is 7.52. The predicted octanol–water partition coefficient (Wildman–Crippen LogP) is 2.33. The van der Waals surface area contributed by atoms with Gasteiger partial charge >= 0.3 is 6.18 Å². The molecule has 1 aliphatic rings. The van der Waals surface area contributed by atoms with E-state index >= 15 is 0 Å². The van der Waals surface area contributed by atoms with Gasteiger partial charge in [0.2, 0.25) is 0 Å². The molecule has 2 aromatic heterocycles. The highest BCUT2D eigenvalue weighted by Crippen LogP contribution is 2.41. The summed E-state index contributed by atoms with van der Waals surface area (Å²) in [5, 5.41) is 32.6. The van der Waals surface area contributed by atoms with Crippen molar-refractivity contribution in [3.63, 3.8) is 0 Å². The molecule has 4 rings (SSSR count). The van der Waals surface area contributed by atoms with Crippen molar-refractivity contribution in [3.8, 4) is 0 Å². The number of fused-ring (bicyclic) bond motifs is 1. The van der Waals surface area contributed by atoms with E-state index in [1.54, 1.807) is 24.3 Å². The second-order valence-electron chi connectivity index (χ2n) is 7.08. The number of rotatable bonds is 5. The summed E-state index contributed by atoms with van der Waals surface area (Å²) < 4.78 is 47.9. The highest BCUT2D eigenvalue weighted by molar-refractivity contribution is 6.30. The van der Waals surface area contributed by atoms with Gasteiger partial charge in [0, 0.05) is 17.8 Å². The Bertz CT molecular complexity index is 1090. The Morgan fingerprint density at radius 1 is 1.19 bits per heavy atom. The molecule has 31 heavy (non-hydrogen) atoms. The first-order valence-electron chi connectivity index (χ1n) is 9.24. The first-order valence-corrected chi connectivity index (χ1v) is 9.62. The van der Waals surface area contributed by atoms with Gasteiger partial charge in [0.05, 0.1) is 17.6 Å². The number of nitrogens with zero attached hydrogens (tertiary/aromatic N) is 3. The average Bonchev–Trinajstić information content (AvgIpc) is 3.25. The Morgan fingerprint density at radius 3 is 2.61 bits per heavy atom. The van der Waals surface area contributed by atoms with Crippen molar-refractivity contribution in [3.05, 3.63) is 52.9 Å².